The molecule has 1 amide bonds. The molecule has 1 aromatic heterocycles. The highest BCUT2D eigenvalue weighted by Crippen LogP contribution is 2.22. The monoisotopic (exact) mass is 478 g/mol. The number of hydrogen-bond donors (Lipinski definition) is 0. The van der Waals surface area contributed by atoms with Crippen LogP contribution >= 0.6 is 35.0 Å². The van der Waals surface area contributed by atoms with Gasteiger partial charge in [0, 0.05) is 41.9 Å². The first-order valence-corrected chi connectivity index (χ1v) is 11.4. The van der Waals surface area contributed by atoms with Crippen LogP contribution in [0.5, 0.6) is 5.75 Å². The first kappa shape index (κ1) is 21.8. The molecule has 0 N–H and O–H groups in total. The van der Waals surface area contributed by atoms with Crippen LogP contribution in [0.2, 0.25) is 10.0 Å². The van der Waals surface area contributed by atoms with Gasteiger partial charge in [-0.3, -0.25) is 4.79 Å². The Labute approximate surface area is 194 Å². The summed E-state index contributed by atoms with van der Waals surface area (Å²) >= 11 is 13.2. The predicted octanol–water partition coefficient (Wildman–Crippen LogP) is 4.40. The molecule has 31 heavy (non-hydrogen) atoms. The molecule has 0 aliphatic carbocycles. The Morgan fingerprint density at radius 1 is 1.03 bits per heavy atom. The molecule has 7 nitrogen and oxygen atoms in total. The van der Waals surface area contributed by atoms with Gasteiger partial charge in [-0.05, 0) is 42.5 Å². The van der Waals surface area contributed by atoms with E-state index < -0.39 is 0 Å². The fourth-order valence-corrected chi connectivity index (χ4v) is 4.13. The average molecular weight is 479 g/mol. The van der Waals surface area contributed by atoms with Crippen molar-refractivity contribution in [3.05, 3.63) is 64.5 Å². The number of ether oxygens (including phenoxy) is 1. The van der Waals surface area contributed by atoms with Crippen molar-refractivity contribution >= 4 is 46.6 Å². The second kappa shape index (κ2) is 10.3. The van der Waals surface area contributed by atoms with E-state index >= 15 is 0 Å². The second-order valence-corrected chi connectivity index (χ2v) is 8.64. The summed E-state index contributed by atoms with van der Waals surface area (Å²) in [6.45, 7) is 3.01. The Kier molecular flexibility index (Phi) is 7.21. The van der Waals surface area contributed by atoms with E-state index in [0.717, 1.165) is 18.8 Å². The largest absolute Gasteiger partial charge is 0.484 e. The highest BCUT2D eigenvalue weighted by atomic mass is 35.5. The third kappa shape index (κ3) is 6.06. The molecule has 10 heteroatoms. The van der Waals surface area contributed by atoms with Crippen LogP contribution < -0.4 is 9.64 Å². The van der Waals surface area contributed by atoms with Crippen molar-refractivity contribution in [2.24, 2.45) is 0 Å². The lowest BCUT2D eigenvalue weighted by molar-refractivity contribution is -0.128. The van der Waals surface area contributed by atoms with E-state index in [1.54, 1.807) is 24.3 Å². The van der Waals surface area contributed by atoms with Crippen molar-refractivity contribution < 1.29 is 13.9 Å². The number of nitrogens with zero attached hydrogens (tertiary/aromatic N) is 4. The molecule has 2 aromatic carbocycles. The van der Waals surface area contributed by atoms with Gasteiger partial charge in [0.05, 0.1) is 5.75 Å². The van der Waals surface area contributed by atoms with Crippen LogP contribution in [0.4, 0.5) is 5.69 Å². The van der Waals surface area contributed by atoms with Crippen molar-refractivity contribution in [1.29, 1.82) is 0 Å². The maximum absolute atomic E-state index is 12.6. The van der Waals surface area contributed by atoms with Gasteiger partial charge in [0.15, 0.2) is 6.61 Å². The molecule has 0 atom stereocenters. The number of amides is 1. The number of piperazine rings is 1. The number of carbonyl (C=O) groups is 1. The number of rotatable bonds is 7. The van der Waals surface area contributed by atoms with Gasteiger partial charge in [0.2, 0.25) is 5.91 Å². The van der Waals surface area contributed by atoms with Gasteiger partial charge in [0.1, 0.15) is 5.75 Å². The smallest absolute Gasteiger partial charge is 0.277 e. The summed E-state index contributed by atoms with van der Waals surface area (Å²) in [5.74, 6) is 1.30. The van der Waals surface area contributed by atoms with Crippen LogP contribution in [0.1, 0.15) is 5.89 Å². The zero-order valence-corrected chi connectivity index (χ0v) is 18.9. The van der Waals surface area contributed by atoms with Crippen molar-refractivity contribution in [3.63, 3.8) is 0 Å². The Morgan fingerprint density at radius 3 is 2.55 bits per heavy atom. The Balaban J connectivity index is 1.21. The lowest BCUT2D eigenvalue weighted by atomic mass is 10.2. The summed E-state index contributed by atoms with van der Waals surface area (Å²) in [7, 11) is 0. The molecular weight excluding hydrogens is 459 g/mol. The van der Waals surface area contributed by atoms with Crippen LogP contribution in [0.15, 0.2) is 58.2 Å². The number of aromatic nitrogens is 2. The van der Waals surface area contributed by atoms with E-state index in [4.69, 9.17) is 32.4 Å². The standard InChI is InChI=1S/C21H20Cl2N4O3S/c22-15-4-6-18(7-5-15)29-13-19-24-25-21(30-19)31-14-20(28)27-10-8-26(9-11-27)17-3-1-2-16(23)12-17/h1-7,12H,8-11,13-14H2. The van der Waals surface area contributed by atoms with Crippen LogP contribution in [-0.4, -0.2) is 52.9 Å². The van der Waals surface area contributed by atoms with Gasteiger partial charge in [-0.25, -0.2) is 0 Å². The van der Waals surface area contributed by atoms with E-state index in [2.05, 4.69) is 15.1 Å². The van der Waals surface area contributed by atoms with Gasteiger partial charge in [-0.15, -0.1) is 10.2 Å². The van der Waals surface area contributed by atoms with Crippen LogP contribution in [0, 0.1) is 0 Å². The number of benzene rings is 2. The molecule has 0 radical (unpaired) electrons. The molecule has 0 spiro atoms. The van der Waals surface area contributed by atoms with Crippen LogP contribution in [0.25, 0.3) is 0 Å². The molecule has 1 aliphatic rings. The summed E-state index contributed by atoms with van der Waals surface area (Å²) in [4.78, 5) is 16.6. The summed E-state index contributed by atoms with van der Waals surface area (Å²) in [6.07, 6.45) is 0. The zero-order chi connectivity index (χ0) is 21.6. The lowest BCUT2D eigenvalue weighted by Gasteiger charge is -2.36. The van der Waals surface area contributed by atoms with Crippen molar-refractivity contribution in [3.8, 4) is 5.75 Å². The van der Waals surface area contributed by atoms with E-state index in [1.165, 1.54) is 11.8 Å². The molecule has 0 unspecified atom stereocenters. The zero-order valence-electron chi connectivity index (χ0n) is 16.5. The first-order chi connectivity index (χ1) is 15.1. The Morgan fingerprint density at radius 2 is 1.81 bits per heavy atom. The van der Waals surface area contributed by atoms with Crippen molar-refractivity contribution in [2.75, 3.05) is 36.8 Å². The lowest BCUT2D eigenvalue weighted by Crippen LogP contribution is -2.49. The SMILES string of the molecule is O=C(CSc1nnc(COc2ccc(Cl)cc2)o1)N1CCN(c2cccc(Cl)c2)CC1. The molecule has 3 aromatic rings. The molecule has 4 rings (SSSR count). The minimum absolute atomic E-state index is 0.0490. The number of halogens is 2. The molecule has 2 heterocycles. The summed E-state index contributed by atoms with van der Waals surface area (Å²) < 4.78 is 11.1. The topological polar surface area (TPSA) is 71.7 Å². The van der Waals surface area contributed by atoms with Gasteiger partial charge < -0.3 is 19.0 Å². The molecule has 162 valence electrons. The van der Waals surface area contributed by atoms with E-state index in [9.17, 15) is 4.79 Å². The van der Waals surface area contributed by atoms with Gasteiger partial charge in [-0.1, -0.05) is 41.0 Å². The Bertz CT molecular complexity index is 1020. The molecule has 1 fully saturated rings. The quantitative estimate of drug-likeness (QED) is 0.466. The van der Waals surface area contributed by atoms with E-state index in [1.807, 2.05) is 29.2 Å². The maximum atomic E-state index is 12.6. The van der Waals surface area contributed by atoms with E-state index in [0.29, 0.717) is 40.0 Å². The van der Waals surface area contributed by atoms with E-state index in [-0.39, 0.29) is 18.3 Å². The number of carbonyl (C=O) groups excluding carboxylic acids is 1. The number of thioether (sulfide) groups is 1. The predicted molar refractivity (Wildman–Crippen MR) is 121 cm³/mol. The highest BCUT2D eigenvalue weighted by molar-refractivity contribution is 7.99. The van der Waals surface area contributed by atoms with Gasteiger partial charge in [-0.2, -0.15) is 0 Å². The fourth-order valence-electron chi connectivity index (χ4n) is 3.13. The summed E-state index contributed by atoms with van der Waals surface area (Å²) in [5, 5.41) is 9.63. The van der Waals surface area contributed by atoms with Gasteiger partial charge >= 0.3 is 0 Å². The molecule has 1 aliphatic heterocycles. The average Bonchev–Trinajstić information content (AvgIpc) is 3.25. The molecular formula is C21H20Cl2N4O3S. The fraction of sp³-hybridized carbons (Fsp3) is 0.286. The normalized spacial score (nSPS) is 14.0. The summed E-state index contributed by atoms with van der Waals surface area (Å²) in [5.41, 5.74) is 1.08. The highest BCUT2D eigenvalue weighted by Gasteiger charge is 2.22. The molecule has 1 saturated heterocycles. The summed E-state index contributed by atoms with van der Waals surface area (Å²) in [6, 6.07) is 14.8. The Hall–Kier alpha value is -2.42. The van der Waals surface area contributed by atoms with Crippen LogP contribution in [0.3, 0.4) is 0 Å². The first-order valence-electron chi connectivity index (χ1n) is 9.69. The third-order valence-corrected chi connectivity index (χ3v) is 6.04. The second-order valence-electron chi connectivity index (χ2n) is 6.84. The van der Waals surface area contributed by atoms with Gasteiger partial charge in [0.25, 0.3) is 11.1 Å². The van der Waals surface area contributed by atoms with Crippen molar-refractivity contribution in [1.82, 2.24) is 15.1 Å². The minimum atomic E-state index is 0.0490. The van der Waals surface area contributed by atoms with Crippen molar-refractivity contribution in [2.45, 2.75) is 11.8 Å². The number of anilines is 1. The molecule has 0 bridgehead atoms. The minimum Gasteiger partial charge on any atom is -0.484 e. The third-order valence-electron chi connectivity index (χ3n) is 4.75. The van der Waals surface area contributed by atoms with Crippen LogP contribution in [-0.2, 0) is 11.4 Å². The molecule has 0 saturated carbocycles. The number of hydrogen-bond acceptors (Lipinski definition) is 7. The maximum Gasteiger partial charge on any atom is 0.277 e.